The van der Waals surface area contributed by atoms with Gasteiger partial charge in [0.2, 0.25) is 17.7 Å². The van der Waals surface area contributed by atoms with E-state index in [-0.39, 0.29) is 60.4 Å². The lowest BCUT2D eigenvalue weighted by Gasteiger charge is -2.54. The van der Waals surface area contributed by atoms with E-state index in [0.717, 1.165) is 11.1 Å². The van der Waals surface area contributed by atoms with E-state index in [2.05, 4.69) is 21.3 Å². The van der Waals surface area contributed by atoms with Crippen LogP contribution < -0.4 is 21.3 Å². The number of carbonyl (C=O) groups is 8. The molecule has 0 saturated carbocycles. The molecular formula is C57H86N6O11. The Kier molecular flexibility index (Phi) is 22.1. The number of nitrogens with zero attached hydrogens (tertiary/aromatic N) is 2. The number of unbranched alkanes of at least 4 members (excludes halogenated alkanes) is 1. The van der Waals surface area contributed by atoms with Crippen LogP contribution in [0, 0.1) is 23.2 Å². The van der Waals surface area contributed by atoms with E-state index in [4.69, 9.17) is 14.2 Å². The average molecular weight is 1030 g/mol. The maximum atomic E-state index is 14.7. The fourth-order valence-electron chi connectivity index (χ4n) is 9.35. The molecule has 2 aromatic rings. The molecule has 0 bridgehead atoms. The minimum absolute atomic E-state index is 0.0249. The van der Waals surface area contributed by atoms with Crippen molar-refractivity contribution in [3.8, 4) is 0 Å². The van der Waals surface area contributed by atoms with Crippen LogP contribution in [-0.2, 0) is 51.0 Å². The van der Waals surface area contributed by atoms with Crippen LogP contribution in [0.25, 0.3) is 0 Å². The summed E-state index contributed by atoms with van der Waals surface area (Å²) in [5.41, 5.74) is -0.735. The zero-order chi connectivity index (χ0) is 55.0. The van der Waals surface area contributed by atoms with Gasteiger partial charge in [0.25, 0.3) is 0 Å². The first-order valence-corrected chi connectivity index (χ1v) is 26.5. The number of amides is 6. The maximum absolute atomic E-state index is 14.7. The Bertz CT molecular complexity index is 2200. The largest absolute Gasteiger partial charge is 0.444 e. The number of carbonyl (C=O) groups excluding carboxylic acids is 8. The van der Waals surface area contributed by atoms with Gasteiger partial charge in [-0.2, -0.15) is 0 Å². The molecule has 2 heterocycles. The Morgan fingerprint density at radius 2 is 1.05 bits per heavy atom. The first-order chi connectivity index (χ1) is 34.5. The first kappa shape index (κ1) is 60.6. The van der Waals surface area contributed by atoms with Gasteiger partial charge in [0.05, 0.1) is 12.1 Å². The third kappa shape index (κ3) is 21.1. The van der Waals surface area contributed by atoms with E-state index in [1.807, 2.05) is 74.5 Å². The van der Waals surface area contributed by atoms with Crippen LogP contribution in [0.2, 0.25) is 0 Å². The van der Waals surface area contributed by atoms with Crippen molar-refractivity contribution >= 4 is 47.6 Å². The van der Waals surface area contributed by atoms with E-state index in [9.17, 15) is 38.4 Å². The molecule has 2 aromatic carbocycles. The molecular weight excluding hydrogens is 945 g/mol. The molecule has 17 heteroatoms. The number of ether oxygens (including phenoxy) is 3. The van der Waals surface area contributed by atoms with Crippen LogP contribution in [0.15, 0.2) is 60.7 Å². The van der Waals surface area contributed by atoms with E-state index in [1.165, 1.54) is 0 Å². The van der Waals surface area contributed by atoms with Gasteiger partial charge in [0, 0.05) is 62.8 Å². The van der Waals surface area contributed by atoms with Gasteiger partial charge in [-0.1, -0.05) is 80.9 Å². The van der Waals surface area contributed by atoms with Crippen LogP contribution in [0.5, 0.6) is 0 Å². The quantitative estimate of drug-likeness (QED) is 0.0616. The lowest BCUT2D eigenvalue weighted by Crippen LogP contribution is -2.65. The third-order valence-corrected chi connectivity index (χ3v) is 13.0. The maximum Gasteiger partial charge on any atom is 0.408 e. The number of alkyl carbamates (subject to hydrolysis) is 3. The number of likely N-dealkylation sites (tertiary alicyclic amines) is 2. The normalized spacial score (nSPS) is 16.6. The number of nitrogens with one attached hydrogen (secondary N) is 4. The molecule has 0 aromatic heterocycles. The highest BCUT2D eigenvalue weighted by Crippen LogP contribution is 2.41. The molecule has 5 atom stereocenters. The highest BCUT2D eigenvalue weighted by molar-refractivity contribution is 5.95. The molecule has 0 aliphatic carbocycles. The molecule has 2 aliphatic rings. The molecule has 17 nitrogen and oxygen atoms in total. The second-order valence-corrected chi connectivity index (χ2v) is 23.8. The molecule has 1 spiro atoms. The SMILES string of the molecule is CC(C)C[C@@H](NC(=O)[C@H](CC(=O)[C@@H](Cc1ccccc1)NC(=O)OC(C)(C)C)Cc1ccccc1)C(=O)C[C@H](CCCCNC(=O)OC(C)(C)C)C(=O)N1CCC2(CC1)CN(C(=O)[C@@H](C)NC(=O)OC(C)(C)C)C2. The zero-order valence-corrected chi connectivity index (χ0v) is 46.2. The molecule has 410 valence electrons. The minimum atomic E-state index is -1.01. The van der Waals surface area contributed by atoms with Gasteiger partial charge in [-0.25, -0.2) is 14.4 Å². The number of piperidine rings is 1. The van der Waals surface area contributed by atoms with Gasteiger partial charge in [-0.15, -0.1) is 0 Å². The molecule has 2 aliphatic heterocycles. The van der Waals surface area contributed by atoms with E-state index in [0.29, 0.717) is 71.2 Å². The van der Waals surface area contributed by atoms with E-state index in [1.54, 1.807) is 79.0 Å². The molecule has 4 N–H and O–H groups in total. The third-order valence-electron chi connectivity index (χ3n) is 13.0. The lowest BCUT2D eigenvalue weighted by atomic mass is 9.71. The summed E-state index contributed by atoms with van der Waals surface area (Å²) >= 11 is 0. The summed E-state index contributed by atoms with van der Waals surface area (Å²) in [5.74, 6) is -3.19. The number of hydrogen-bond donors (Lipinski definition) is 4. The topological polar surface area (TPSA) is 219 Å². The lowest BCUT2D eigenvalue weighted by molar-refractivity contribution is -0.153. The Morgan fingerprint density at radius 3 is 1.58 bits per heavy atom. The van der Waals surface area contributed by atoms with Crippen LogP contribution in [0.1, 0.15) is 146 Å². The molecule has 4 rings (SSSR count). The number of rotatable bonds is 23. The fourth-order valence-corrected chi connectivity index (χ4v) is 9.35. The predicted octanol–water partition coefficient (Wildman–Crippen LogP) is 8.11. The molecule has 0 unspecified atom stereocenters. The smallest absolute Gasteiger partial charge is 0.408 e. The number of ketones is 2. The van der Waals surface area contributed by atoms with Gasteiger partial charge in [-0.3, -0.25) is 24.0 Å². The molecule has 6 amide bonds. The van der Waals surface area contributed by atoms with Crippen molar-refractivity contribution in [3.63, 3.8) is 0 Å². The average Bonchev–Trinajstić information content (AvgIpc) is 3.27. The predicted molar refractivity (Wildman–Crippen MR) is 283 cm³/mol. The highest BCUT2D eigenvalue weighted by Gasteiger charge is 2.48. The molecule has 2 fully saturated rings. The first-order valence-electron chi connectivity index (χ1n) is 26.5. The highest BCUT2D eigenvalue weighted by atomic mass is 16.6. The van der Waals surface area contributed by atoms with Gasteiger partial charge in [0.1, 0.15) is 22.8 Å². The standard InChI is InChI=1S/C57H86N6O11/c1-38(2)31-44(60-48(66)43(32-40-21-15-13-16-22-40)35-47(65)45(33-41-23-17-14-18-24-41)61-53(71)74-56(10,11)12)46(64)34-42(25-19-20-28-58-51(69)72-54(4,5)6)50(68)62-29-26-57(27-30-62)36-63(37-57)49(67)39(3)59-52(70)73-55(7,8)9/h13-18,21-24,38-39,42-45H,19-20,25-37H2,1-12H3,(H,58,69)(H,59,70)(H,60,66)(H,61,71)/t39-,42+,43+,44-,45-/m1/s1. The Labute approximate surface area is 439 Å². The van der Waals surface area contributed by atoms with E-state index >= 15 is 0 Å². The van der Waals surface area contributed by atoms with Gasteiger partial charge in [-0.05, 0) is 131 Å². The Balaban J connectivity index is 1.51. The second kappa shape index (κ2) is 27.0. The van der Waals surface area contributed by atoms with Gasteiger partial charge in [0.15, 0.2) is 11.6 Å². The number of benzene rings is 2. The minimum Gasteiger partial charge on any atom is -0.444 e. The van der Waals surface area contributed by atoms with Crippen LogP contribution >= 0.6 is 0 Å². The van der Waals surface area contributed by atoms with Crippen molar-refractivity contribution < 1.29 is 52.6 Å². The van der Waals surface area contributed by atoms with Gasteiger partial charge >= 0.3 is 18.3 Å². The van der Waals surface area contributed by atoms with Crippen molar-refractivity contribution in [2.75, 3.05) is 32.7 Å². The monoisotopic (exact) mass is 1030 g/mol. The van der Waals surface area contributed by atoms with Crippen LogP contribution in [-0.4, -0.2) is 125 Å². The number of hydrogen-bond acceptors (Lipinski definition) is 11. The summed E-state index contributed by atoms with van der Waals surface area (Å²) in [6.07, 6.45) is 1.04. The van der Waals surface area contributed by atoms with Crippen molar-refractivity contribution in [2.45, 2.75) is 182 Å². The van der Waals surface area contributed by atoms with E-state index < -0.39 is 71.0 Å². The summed E-state index contributed by atoms with van der Waals surface area (Å²) in [6, 6.07) is 15.8. The summed E-state index contributed by atoms with van der Waals surface area (Å²) in [4.78, 5) is 113. The molecule has 74 heavy (non-hydrogen) atoms. The van der Waals surface area contributed by atoms with Gasteiger partial charge < -0.3 is 45.3 Å². The Morgan fingerprint density at radius 1 is 0.568 bits per heavy atom. The van der Waals surface area contributed by atoms with Crippen molar-refractivity contribution in [1.29, 1.82) is 0 Å². The van der Waals surface area contributed by atoms with Crippen molar-refractivity contribution in [2.24, 2.45) is 23.2 Å². The summed E-state index contributed by atoms with van der Waals surface area (Å²) < 4.78 is 16.2. The summed E-state index contributed by atoms with van der Waals surface area (Å²) in [6.45, 7) is 23.5. The molecule has 0 radical (unpaired) electrons. The fraction of sp³-hybridized carbons (Fsp3) is 0.649. The second-order valence-electron chi connectivity index (χ2n) is 23.8. The molecule has 2 saturated heterocycles. The zero-order valence-electron chi connectivity index (χ0n) is 46.2. The van der Waals surface area contributed by atoms with Crippen molar-refractivity contribution in [1.82, 2.24) is 31.1 Å². The summed E-state index contributed by atoms with van der Waals surface area (Å²) in [7, 11) is 0. The Hall–Kier alpha value is -6.00. The van der Waals surface area contributed by atoms with Crippen LogP contribution in [0.4, 0.5) is 14.4 Å². The van der Waals surface area contributed by atoms with Crippen LogP contribution in [0.3, 0.4) is 0 Å². The summed E-state index contributed by atoms with van der Waals surface area (Å²) in [5, 5.41) is 11.2. The number of Topliss-reactive ketones (excluding diaryl/α,β-unsaturated/α-hetero) is 2. The van der Waals surface area contributed by atoms with Crippen molar-refractivity contribution in [3.05, 3.63) is 71.8 Å².